The van der Waals surface area contributed by atoms with Gasteiger partial charge in [-0.25, -0.2) is 4.79 Å². The smallest absolute Gasteiger partial charge is 0.336 e. The molecule has 0 amide bonds. The van der Waals surface area contributed by atoms with E-state index in [9.17, 15) is 4.79 Å². The Bertz CT molecular complexity index is 853. The maximum Gasteiger partial charge on any atom is 0.336 e. The highest BCUT2D eigenvalue weighted by molar-refractivity contribution is 5.91. The van der Waals surface area contributed by atoms with Gasteiger partial charge in [-0.1, -0.05) is 75.6 Å². The summed E-state index contributed by atoms with van der Waals surface area (Å²) in [6.45, 7) is 5.30. The number of rotatable bonds is 9. The highest BCUT2D eigenvalue weighted by Crippen LogP contribution is 2.29. The first-order chi connectivity index (χ1) is 15.1. The summed E-state index contributed by atoms with van der Waals surface area (Å²) in [6.07, 6.45) is 6.72. The molecular formula is C27H36N2O2. The van der Waals surface area contributed by atoms with Crippen LogP contribution >= 0.6 is 0 Å². The molecule has 2 aromatic carbocycles. The molecule has 0 saturated heterocycles. The molecule has 4 nitrogen and oxygen atoms in total. The summed E-state index contributed by atoms with van der Waals surface area (Å²) in [5.41, 5.74) is 10.8. The van der Waals surface area contributed by atoms with Gasteiger partial charge in [0.1, 0.15) is 0 Å². The van der Waals surface area contributed by atoms with Crippen LogP contribution in [0.4, 0.5) is 5.69 Å². The third kappa shape index (κ3) is 6.61. The zero-order valence-electron chi connectivity index (χ0n) is 18.9. The second kappa shape index (κ2) is 11.6. The first-order valence-corrected chi connectivity index (χ1v) is 11.6. The summed E-state index contributed by atoms with van der Waals surface area (Å²) in [5, 5.41) is 3.44. The Labute approximate surface area is 186 Å². The number of esters is 1. The Balaban J connectivity index is 1.63. The summed E-state index contributed by atoms with van der Waals surface area (Å²) in [7, 11) is 0. The highest BCUT2D eigenvalue weighted by atomic mass is 16.5. The molecule has 0 bridgehead atoms. The number of carbonyl (C=O) groups excluding carboxylic acids is 1. The summed E-state index contributed by atoms with van der Waals surface area (Å²) >= 11 is 0. The predicted molar refractivity (Wildman–Crippen MR) is 128 cm³/mol. The first-order valence-electron chi connectivity index (χ1n) is 11.6. The molecule has 4 heteroatoms. The molecule has 166 valence electrons. The van der Waals surface area contributed by atoms with Crippen molar-refractivity contribution in [1.29, 1.82) is 0 Å². The third-order valence-corrected chi connectivity index (χ3v) is 6.30. The Morgan fingerprint density at radius 1 is 1.06 bits per heavy atom. The van der Waals surface area contributed by atoms with Crippen molar-refractivity contribution in [3.05, 3.63) is 77.0 Å². The average molecular weight is 421 g/mol. The molecule has 1 fully saturated rings. The molecule has 31 heavy (non-hydrogen) atoms. The fourth-order valence-electron chi connectivity index (χ4n) is 4.26. The number of carbonyl (C=O) groups is 1. The molecule has 3 rings (SSSR count). The molecule has 3 N–H and O–H groups in total. The van der Waals surface area contributed by atoms with Gasteiger partial charge in [0.05, 0.1) is 12.2 Å². The van der Waals surface area contributed by atoms with Crippen LogP contribution in [0.3, 0.4) is 0 Å². The van der Waals surface area contributed by atoms with Crippen LogP contribution in [0.2, 0.25) is 0 Å². The fourth-order valence-corrected chi connectivity index (χ4v) is 4.26. The Morgan fingerprint density at radius 2 is 1.74 bits per heavy atom. The Morgan fingerprint density at radius 3 is 2.39 bits per heavy atom. The van der Waals surface area contributed by atoms with E-state index >= 15 is 0 Å². The van der Waals surface area contributed by atoms with Gasteiger partial charge < -0.3 is 15.8 Å². The normalized spacial score (nSPS) is 16.3. The van der Waals surface area contributed by atoms with E-state index in [2.05, 4.69) is 41.7 Å². The van der Waals surface area contributed by atoms with Gasteiger partial charge in [-0.05, 0) is 48.4 Å². The molecule has 0 radical (unpaired) electrons. The minimum absolute atomic E-state index is 0.109. The second-order valence-corrected chi connectivity index (χ2v) is 8.58. The van der Waals surface area contributed by atoms with Crippen molar-refractivity contribution >= 4 is 11.7 Å². The Hall–Kier alpha value is -2.75. The van der Waals surface area contributed by atoms with Gasteiger partial charge in [0.25, 0.3) is 0 Å². The molecule has 0 aromatic heterocycles. The summed E-state index contributed by atoms with van der Waals surface area (Å²) in [6, 6.07) is 18.6. The number of allylic oxidation sites excluding steroid dienone is 1. The van der Waals surface area contributed by atoms with Crippen molar-refractivity contribution in [3.63, 3.8) is 0 Å². The SMILES string of the molecule is CC/C(N)=C(\C(=O)OCC1CCCCC1)C(C)c1ccc(NCc2ccccc2)cc1. The van der Waals surface area contributed by atoms with E-state index in [0.717, 1.165) is 30.6 Å². The fraction of sp³-hybridized carbons (Fsp3) is 0.444. The number of anilines is 1. The van der Waals surface area contributed by atoms with Gasteiger partial charge in [-0.15, -0.1) is 0 Å². The lowest BCUT2D eigenvalue weighted by atomic mass is 9.89. The van der Waals surface area contributed by atoms with Crippen LogP contribution in [0.5, 0.6) is 0 Å². The lowest BCUT2D eigenvalue weighted by molar-refractivity contribution is -0.141. The van der Waals surface area contributed by atoms with Crippen LogP contribution in [0.15, 0.2) is 65.9 Å². The van der Waals surface area contributed by atoms with Gasteiger partial charge in [-0.3, -0.25) is 0 Å². The van der Waals surface area contributed by atoms with Crippen molar-refractivity contribution in [1.82, 2.24) is 0 Å². The monoisotopic (exact) mass is 420 g/mol. The lowest BCUT2D eigenvalue weighted by Crippen LogP contribution is -2.22. The zero-order chi connectivity index (χ0) is 22.1. The summed E-state index contributed by atoms with van der Waals surface area (Å²) in [5.74, 6) is 0.123. The van der Waals surface area contributed by atoms with Gasteiger partial charge in [0, 0.05) is 23.8 Å². The maximum absolute atomic E-state index is 13.0. The molecule has 1 saturated carbocycles. The summed E-state index contributed by atoms with van der Waals surface area (Å²) in [4.78, 5) is 13.0. The number of nitrogens with one attached hydrogen (secondary N) is 1. The quantitative estimate of drug-likeness (QED) is 0.377. The van der Waals surface area contributed by atoms with E-state index in [1.165, 1.54) is 24.8 Å². The second-order valence-electron chi connectivity index (χ2n) is 8.58. The number of benzene rings is 2. The van der Waals surface area contributed by atoms with E-state index in [0.29, 0.717) is 30.2 Å². The first kappa shape index (κ1) is 22.9. The zero-order valence-corrected chi connectivity index (χ0v) is 18.9. The van der Waals surface area contributed by atoms with E-state index in [-0.39, 0.29) is 11.9 Å². The van der Waals surface area contributed by atoms with Crippen molar-refractivity contribution in [3.8, 4) is 0 Å². The van der Waals surface area contributed by atoms with Crippen LogP contribution in [0.1, 0.15) is 69.4 Å². The van der Waals surface area contributed by atoms with Crippen molar-refractivity contribution in [2.75, 3.05) is 11.9 Å². The lowest BCUT2D eigenvalue weighted by Gasteiger charge is -2.23. The molecule has 1 aliphatic rings. The number of hydrogen-bond acceptors (Lipinski definition) is 4. The summed E-state index contributed by atoms with van der Waals surface area (Å²) < 4.78 is 5.73. The van der Waals surface area contributed by atoms with Crippen molar-refractivity contribution in [2.24, 2.45) is 11.7 Å². The number of ether oxygens (including phenoxy) is 1. The molecule has 0 spiro atoms. The van der Waals surface area contributed by atoms with Crippen molar-refractivity contribution in [2.45, 2.75) is 64.8 Å². The van der Waals surface area contributed by atoms with Gasteiger partial charge in [0.15, 0.2) is 0 Å². The molecule has 0 aliphatic heterocycles. The molecule has 1 aliphatic carbocycles. The van der Waals surface area contributed by atoms with Crippen LogP contribution in [-0.2, 0) is 16.1 Å². The van der Waals surface area contributed by atoms with E-state index in [4.69, 9.17) is 10.5 Å². The molecule has 1 unspecified atom stereocenters. The van der Waals surface area contributed by atoms with Crippen LogP contribution in [0, 0.1) is 5.92 Å². The molecule has 2 aromatic rings. The number of nitrogens with two attached hydrogens (primary N) is 1. The average Bonchev–Trinajstić information content (AvgIpc) is 2.83. The Kier molecular flexibility index (Phi) is 8.57. The van der Waals surface area contributed by atoms with E-state index in [1.54, 1.807) is 0 Å². The van der Waals surface area contributed by atoms with E-state index in [1.807, 2.05) is 32.0 Å². The minimum atomic E-state index is -0.260. The number of hydrogen-bond donors (Lipinski definition) is 2. The van der Waals surface area contributed by atoms with Crippen LogP contribution < -0.4 is 11.1 Å². The topological polar surface area (TPSA) is 64.4 Å². The molecular weight excluding hydrogens is 384 g/mol. The largest absolute Gasteiger partial charge is 0.462 e. The standard InChI is InChI=1S/C27H36N2O2/c1-3-25(28)26(27(30)31-19-22-12-8-5-9-13-22)20(2)23-14-16-24(17-15-23)29-18-21-10-6-4-7-11-21/h4,6-7,10-11,14-17,20,22,29H,3,5,8-9,12-13,18-19,28H2,1-2H3/b26-25+. The van der Waals surface area contributed by atoms with E-state index < -0.39 is 0 Å². The minimum Gasteiger partial charge on any atom is -0.462 e. The predicted octanol–water partition coefficient (Wildman–Crippen LogP) is 6.15. The van der Waals surface area contributed by atoms with Crippen molar-refractivity contribution < 1.29 is 9.53 Å². The molecule has 1 atom stereocenters. The van der Waals surface area contributed by atoms with Gasteiger partial charge >= 0.3 is 5.97 Å². The van der Waals surface area contributed by atoms with Crippen LogP contribution in [-0.4, -0.2) is 12.6 Å². The van der Waals surface area contributed by atoms with Gasteiger partial charge in [-0.2, -0.15) is 0 Å². The van der Waals surface area contributed by atoms with Gasteiger partial charge in [0.2, 0.25) is 0 Å². The maximum atomic E-state index is 13.0. The molecule has 0 heterocycles. The third-order valence-electron chi connectivity index (χ3n) is 6.30. The highest BCUT2D eigenvalue weighted by Gasteiger charge is 2.24. The van der Waals surface area contributed by atoms with Crippen LogP contribution in [0.25, 0.3) is 0 Å².